The zero-order valence-electron chi connectivity index (χ0n) is 7.96. The summed E-state index contributed by atoms with van der Waals surface area (Å²) >= 11 is 3.51. The quantitative estimate of drug-likeness (QED) is 0.664. The lowest BCUT2D eigenvalue weighted by Crippen LogP contribution is -2.40. The van der Waals surface area contributed by atoms with Crippen molar-refractivity contribution in [2.24, 2.45) is 0 Å². The van der Waals surface area contributed by atoms with Crippen molar-refractivity contribution in [1.29, 1.82) is 0 Å². The van der Waals surface area contributed by atoms with Crippen LogP contribution >= 0.6 is 12.6 Å². The Labute approximate surface area is 83.4 Å². The first-order chi connectivity index (χ1) is 5.72. The van der Waals surface area contributed by atoms with Crippen LogP contribution in [-0.2, 0) is 9.53 Å². The summed E-state index contributed by atoms with van der Waals surface area (Å²) < 4.78 is 4.88. The van der Waals surface area contributed by atoms with E-state index in [4.69, 9.17) is 4.74 Å². The molecule has 5 heteroatoms. The van der Waals surface area contributed by atoms with Crippen molar-refractivity contribution in [3.8, 4) is 0 Å². The van der Waals surface area contributed by atoms with Gasteiger partial charge >= 0.3 is 6.09 Å². The molecule has 0 bridgehead atoms. The number of hydrogen-bond donors (Lipinski definition) is 2. The van der Waals surface area contributed by atoms with Gasteiger partial charge in [-0.25, -0.2) is 4.79 Å². The maximum Gasteiger partial charge on any atom is 0.408 e. The van der Waals surface area contributed by atoms with Crippen LogP contribution in [0.25, 0.3) is 0 Å². The van der Waals surface area contributed by atoms with E-state index in [1.807, 2.05) is 0 Å². The Kier molecular flexibility index (Phi) is 4.26. The second kappa shape index (κ2) is 4.50. The van der Waals surface area contributed by atoms with Crippen LogP contribution in [0, 0.1) is 6.92 Å². The second-order valence-electron chi connectivity index (χ2n) is 3.54. The van der Waals surface area contributed by atoms with Crippen molar-refractivity contribution >= 4 is 23.8 Å². The number of carbonyl (C=O) groups is 2. The van der Waals surface area contributed by atoms with Gasteiger partial charge in [-0.3, -0.25) is 4.79 Å². The molecule has 0 aromatic carbocycles. The molecular weight excluding hydrogens is 190 g/mol. The van der Waals surface area contributed by atoms with Crippen molar-refractivity contribution in [1.82, 2.24) is 5.32 Å². The van der Waals surface area contributed by atoms with Crippen molar-refractivity contribution in [3.63, 3.8) is 0 Å². The van der Waals surface area contributed by atoms with Crippen LogP contribution in [0.1, 0.15) is 20.8 Å². The third kappa shape index (κ3) is 6.45. The van der Waals surface area contributed by atoms with Gasteiger partial charge in [0, 0.05) is 0 Å². The minimum atomic E-state index is -0.877. The van der Waals surface area contributed by atoms with Gasteiger partial charge in [0.05, 0.1) is 0 Å². The van der Waals surface area contributed by atoms with E-state index in [2.05, 4.69) is 24.9 Å². The van der Waals surface area contributed by atoms with E-state index >= 15 is 0 Å². The molecule has 0 saturated carbocycles. The number of rotatable bonds is 2. The average Bonchev–Trinajstić information content (AvgIpc) is 1.81. The van der Waals surface area contributed by atoms with Crippen molar-refractivity contribution in [3.05, 3.63) is 6.92 Å². The summed E-state index contributed by atoms with van der Waals surface area (Å²) in [5, 5.41) is 1.73. The van der Waals surface area contributed by atoms with Crippen molar-refractivity contribution < 1.29 is 14.3 Å². The third-order valence-corrected chi connectivity index (χ3v) is 1.30. The topological polar surface area (TPSA) is 55.4 Å². The SMILES string of the molecule is [CH2]C(NC(=O)OC(C)(C)C)C(=O)S. The van der Waals surface area contributed by atoms with Crippen molar-refractivity contribution in [2.75, 3.05) is 0 Å². The standard InChI is InChI=1S/C8H14NO3S/c1-5(6(10)13)9-7(11)12-8(2,3)4/h5H,1H2,2-4H3,(H,9,11)(H,10,13). The van der Waals surface area contributed by atoms with Gasteiger partial charge in [0.25, 0.3) is 0 Å². The lowest BCUT2D eigenvalue weighted by molar-refractivity contribution is -0.111. The fraction of sp³-hybridized carbons (Fsp3) is 0.625. The first-order valence-electron chi connectivity index (χ1n) is 3.78. The average molecular weight is 204 g/mol. The molecular formula is C8H14NO3S. The van der Waals surface area contributed by atoms with Crippen LogP contribution in [0.15, 0.2) is 0 Å². The van der Waals surface area contributed by atoms with Crippen LogP contribution in [0.2, 0.25) is 0 Å². The van der Waals surface area contributed by atoms with Crippen LogP contribution in [-0.4, -0.2) is 22.9 Å². The normalized spacial score (nSPS) is 13.3. The highest BCUT2D eigenvalue weighted by Crippen LogP contribution is 2.06. The molecule has 1 unspecified atom stereocenters. The summed E-state index contributed by atoms with van der Waals surface area (Å²) in [4.78, 5) is 21.6. The predicted octanol–water partition coefficient (Wildman–Crippen LogP) is 1.17. The van der Waals surface area contributed by atoms with E-state index in [0.29, 0.717) is 0 Å². The summed E-state index contributed by atoms with van der Waals surface area (Å²) in [7, 11) is 0. The Morgan fingerprint density at radius 2 is 1.92 bits per heavy atom. The molecule has 1 atom stereocenters. The highest BCUT2D eigenvalue weighted by molar-refractivity contribution is 7.96. The molecule has 13 heavy (non-hydrogen) atoms. The molecule has 0 fully saturated rings. The second-order valence-corrected chi connectivity index (χ2v) is 3.98. The molecule has 0 aromatic heterocycles. The Morgan fingerprint density at radius 3 is 2.23 bits per heavy atom. The molecule has 0 spiro atoms. The van der Waals surface area contributed by atoms with Gasteiger partial charge in [-0.1, -0.05) is 0 Å². The molecule has 4 nitrogen and oxygen atoms in total. The van der Waals surface area contributed by atoms with Gasteiger partial charge < -0.3 is 10.1 Å². The summed E-state index contributed by atoms with van der Waals surface area (Å²) in [6, 6.07) is -0.877. The third-order valence-electron chi connectivity index (χ3n) is 0.989. The van der Waals surface area contributed by atoms with Crippen LogP contribution in [0.4, 0.5) is 4.79 Å². The molecule has 0 aliphatic carbocycles. The first-order valence-corrected chi connectivity index (χ1v) is 4.22. The van der Waals surface area contributed by atoms with Crippen LogP contribution < -0.4 is 5.32 Å². The fourth-order valence-electron chi connectivity index (χ4n) is 0.512. The predicted molar refractivity (Wildman–Crippen MR) is 52.5 cm³/mol. The summed E-state index contributed by atoms with van der Waals surface area (Å²) in [6.45, 7) is 8.56. The lowest BCUT2D eigenvalue weighted by atomic mass is 10.2. The largest absolute Gasteiger partial charge is 0.444 e. The highest BCUT2D eigenvalue weighted by atomic mass is 32.1. The van der Waals surface area contributed by atoms with E-state index in [1.54, 1.807) is 20.8 Å². The molecule has 0 aliphatic rings. The number of ether oxygens (including phenoxy) is 1. The van der Waals surface area contributed by atoms with Gasteiger partial charge in [0.1, 0.15) is 11.6 Å². The number of carbonyl (C=O) groups excluding carboxylic acids is 2. The molecule has 75 valence electrons. The number of nitrogens with one attached hydrogen (secondary N) is 1. The number of hydrogen-bond acceptors (Lipinski definition) is 3. The van der Waals surface area contributed by atoms with E-state index in [1.165, 1.54) is 0 Å². The molecule has 0 aliphatic heterocycles. The number of alkyl carbamates (subject to hydrolysis) is 1. The number of amides is 1. The van der Waals surface area contributed by atoms with E-state index in [-0.39, 0.29) is 0 Å². The fourth-order valence-corrected chi connectivity index (χ4v) is 0.576. The number of thiol groups is 1. The lowest BCUT2D eigenvalue weighted by Gasteiger charge is -2.20. The monoisotopic (exact) mass is 204 g/mol. The molecule has 1 radical (unpaired) electrons. The molecule has 0 saturated heterocycles. The van der Waals surface area contributed by atoms with Gasteiger partial charge in [-0.05, 0) is 27.7 Å². The molecule has 0 heterocycles. The van der Waals surface area contributed by atoms with Crippen molar-refractivity contribution in [2.45, 2.75) is 32.4 Å². The maximum absolute atomic E-state index is 11.0. The van der Waals surface area contributed by atoms with Gasteiger partial charge in [-0.15, -0.1) is 12.6 Å². The Morgan fingerprint density at radius 1 is 1.46 bits per heavy atom. The Hall–Kier alpha value is -0.710. The maximum atomic E-state index is 11.0. The highest BCUT2D eigenvalue weighted by Gasteiger charge is 2.19. The summed E-state index contributed by atoms with van der Waals surface area (Å²) in [5.41, 5.74) is -0.580. The minimum absolute atomic E-state index is 0.508. The summed E-state index contributed by atoms with van der Waals surface area (Å²) in [5.74, 6) is 0. The molecule has 0 rings (SSSR count). The molecule has 1 N–H and O–H groups in total. The van der Waals surface area contributed by atoms with Crippen LogP contribution in [0.3, 0.4) is 0 Å². The van der Waals surface area contributed by atoms with Crippen LogP contribution in [0.5, 0.6) is 0 Å². The smallest absolute Gasteiger partial charge is 0.408 e. The molecule has 0 aromatic rings. The van der Waals surface area contributed by atoms with Gasteiger partial charge in [0.15, 0.2) is 0 Å². The zero-order chi connectivity index (χ0) is 10.6. The van der Waals surface area contributed by atoms with Gasteiger partial charge in [0.2, 0.25) is 5.12 Å². The Bertz CT molecular complexity index is 210. The molecule has 1 amide bonds. The zero-order valence-corrected chi connectivity index (χ0v) is 8.85. The minimum Gasteiger partial charge on any atom is -0.444 e. The Balaban J connectivity index is 3.96. The summed E-state index contributed by atoms with van der Waals surface area (Å²) in [6.07, 6.45) is -0.671. The van der Waals surface area contributed by atoms with E-state index < -0.39 is 22.9 Å². The first kappa shape index (κ1) is 12.3. The van der Waals surface area contributed by atoms with Gasteiger partial charge in [-0.2, -0.15) is 0 Å². The van der Waals surface area contributed by atoms with E-state index in [9.17, 15) is 9.59 Å². The van der Waals surface area contributed by atoms with E-state index in [0.717, 1.165) is 0 Å².